The van der Waals surface area contributed by atoms with Crippen LogP contribution in [-0.2, 0) is 0 Å². The smallest absolute Gasteiger partial charge is 0.0264 e. The molecule has 0 atom stereocenters. The summed E-state index contributed by atoms with van der Waals surface area (Å²) in [4.78, 5) is 0. The summed E-state index contributed by atoms with van der Waals surface area (Å²) in [6.45, 7) is 4.26. The third-order valence-electron chi connectivity index (χ3n) is 1.82. The maximum absolute atomic E-state index is 5.35. The van der Waals surface area contributed by atoms with Gasteiger partial charge in [-0.05, 0) is 32.0 Å². The van der Waals surface area contributed by atoms with Crippen LogP contribution in [0.15, 0.2) is 12.3 Å². The fourth-order valence-electron chi connectivity index (χ4n) is 1.07. The van der Waals surface area contributed by atoms with Crippen LogP contribution in [0.1, 0.15) is 19.3 Å². The molecule has 0 aliphatic rings. The lowest BCUT2D eigenvalue weighted by Gasteiger charge is -2.00. The molecule has 0 amide bonds. The van der Waals surface area contributed by atoms with Crippen molar-refractivity contribution in [3.8, 4) is 0 Å². The van der Waals surface area contributed by atoms with Crippen LogP contribution in [0.25, 0.3) is 0 Å². The minimum Gasteiger partial charge on any atom is -0.390 e. The Labute approximate surface area is 87.1 Å². The Morgan fingerprint density at radius 3 is 2.43 bits per heavy atom. The van der Waals surface area contributed by atoms with Gasteiger partial charge in [0.25, 0.3) is 0 Å². The monoisotopic (exact) mass is 200 g/mol. The lowest BCUT2D eigenvalue weighted by molar-refractivity contribution is 0.630. The van der Waals surface area contributed by atoms with Gasteiger partial charge in [0, 0.05) is 26.2 Å². The van der Waals surface area contributed by atoms with E-state index in [9.17, 15) is 0 Å². The zero-order chi connectivity index (χ0) is 10.5. The molecule has 6 N–H and O–H groups in total. The molecule has 0 aliphatic heterocycles. The second-order valence-corrected chi connectivity index (χ2v) is 3.18. The molecule has 0 unspecified atom stereocenters. The van der Waals surface area contributed by atoms with Crippen molar-refractivity contribution in [2.24, 2.45) is 11.5 Å². The van der Waals surface area contributed by atoms with E-state index >= 15 is 0 Å². The molecular weight excluding hydrogens is 176 g/mol. The van der Waals surface area contributed by atoms with Crippen LogP contribution in [0.2, 0.25) is 0 Å². The van der Waals surface area contributed by atoms with Crippen LogP contribution in [-0.4, -0.2) is 32.7 Å². The molecule has 0 heterocycles. The lowest BCUT2D eigenvalue weighted by Crippen LogP contribution is -2.23. The fourth-order valence-corrected chi connectivity index (χ4v) is 1.07. The summed E-state index contributed by atoms with van der Waals surface area (Å²) < 4.78 is 0. The van der Waals surface area contributed by atoms with Crippen LogP contribution in [0.5, 0.6) is 0 Å². The first-order valence-electron chi connectivity index (χ1n) is 5.41. The van der Waals surface area contributed by atoms with Gasteiger partial charge in [0.05, 0.1) is 0 Å². The molecule has 4 nitrogen and oxygen atoms in total. The molecule has 4 heteroatoms. The largest absolute Gasteiger partial charge is 0.390 e. The molecule has 14 heavy (non-hydrogen) atoms. The minimum absolute atomic E-state index is 0.688. The number of allylic oxidation sites excluding steroid dienone is 1. The van der Waals surface area contributed by atoms with Crippen LogP contribution in [0.3, 0.4) is 0 Å². The molecule has 0 spiro atoms. The summed E-state index contributed by atoms with van der Waals surface area (Å²) >= 11 is 0. The summed E-state index contributed by atoms with van der Waals surface area (Å²) in [6, 6.07) is 0. The fraction of sp³-hybridized carbons (Fsp3) is 0.800. The highest BCUT2D eigenvalue weighted by atomic mass is 14.9. The first-order chi connectivity index (χ1) is 6.91. The maximum Gasteiger partial charge on any atom is 0.0264 e. The molecule has 0 bridgehead atoms. The molecular formula is C10H24N4. The van der Waals surface area contributed by atoms with Crippen LogP contribution < -0.4 is 22.1 Å². The Kier molecular flexibility index (Phi) is 11.9. The quantitative estimate of drug-likeness (QED) is 0.367. The molecule has 0 aromatic heterocycles. The predicted molar refractivity (Wildman–Crippen MR) is 62.0 cm³/mol. The van der Waals surface area contributed by atoms with Crippen molar-refractivity contribution in [1.82, 2.24) is 10.6 Å². The van der Waals surface area contributed by atoms with Crippen molar-refractivity contribution in [1.29, 1.82) is 0 Å². The van der Waals surface area contributed by atoms with E-state index in [0.29, 0.717) is 6.54 Å². The van der Waals surface area contributed by atoms with Crippen LogP contribution >= 0.6 is 0 Å². The van der Waals surface area contributed by atoms with Gasteiger partial charge in [0.1, 0.15) is 0 Å². The van der Waals surface area contributed by atoms with E-state index in [1.807, 2.05) is 6.20 Å². The molecule has 0 fully saturated rings. The van der Waals surface area contributed by atoms with Crippen molar-refractivity contribution >= 4 is 0 Å². The molecule has 0 saturated carbocycles. The minimum atomic E-state index is 0.688. The zero-order valence-electron chi connectivity index (χ0n) is 8.97. The third-order valence-corrected chi connectivity index (χ3v) is 1.82. The van der Waals surface area contributed by atoms with E-state index < -0.39 is 0 Å². The first-order valence-corrected chi connectivity index (χ1v) is 5.41. The zero-order valence-corrected chi connectivity index (χ0v) is 8.97. The average Bonchev–Trinajstić information content (AvgIpc) is 2.21. The molecule has 0 aromatic carbocycles. The second-order valence-electron chi connectivity index (χ2n) is 3.18. The molecule has 0 radical (unpaired) electrons. The summed E-state index contributed by atoms with van der Waals surface area (Å²) in [5.41, 5.74) is 10.7. The summed E-state index contributed by atoms with van der Waals surface area (Å²) in [5.74, 6) is 0. The van der Waals surface area contributed by atoms with E-state index in [-0.39, 0.29) is 0 Å². The topological polar surface area (TPSA) is 76.1 Å². The highest BCUT2D eigenvalue weighted by molar-refractivity contribution is 4.79. The molecule has 0 rings (SSSR count). The van der Waals surface area contributed by atoms with Gasteiger partial charge >= 0.3 is 0 Å². The van der Waals surface area contributed by atoms with Gasteiger partial charge in [-0.2, -0.15) is 0 Å². The maximum atomic E-state index is 5.35. The highest BCUT2D eigenvalue weighted by Crippen LogP contribution is 1.94. The first kappa shape index (κ1) is 13.4. The Morgan fingerprint density at radius 1 is 0.929 bits per heavy atom. The van der Waals surface area contributed by atoms with E-state index in [1.165, 1.54) is 12.8 Å². The molecule has 0 aromatic rings. The Bertz CT molecular complexity index is 125. The van der Waals surface area contributed by atoms with Crippen molar-refractivity contribution in [3.05, 3.63) is 12.3 Å². The molecule has 0 saturated heterocycles. The summed E-state index contributed by atoms with van der Waals surface area (Å²) in [6.07, 6.45) is 7.69. The van der Waals surface area contributed by atoms with Crippen molar-refractivity contribution in [2.45, 2.75) is 19.3 Å². The number of nitrogens with one attached hydrogen (secondary N) is 2. The van der Waals surface area contributed by atoms with Crippen molar-refractivity contribution < 1.29 is 0 Å². The number of nitrogens with two attached hydrogens (primary N) is 2. The van der Waals surface area contributed by atoms with E-state index in [0.717, 1.165) is 32.6 Å². The molecule has 0 aliphatic carbocycles. The summed E-state index contributed by atoms with van der Waals surface area (Å²) in [5, 5.41) is 6.37. The second kappa shape index (κ2) is 12.4. The van der Waals surface area contributed by atoms with Gasteiger partial charge in [-0.15, -0.1) is 0 Å². The standard InChI is InChI=1S/C10H24N4/c11-5-9-13-7-3-1-2-4-8-14-10-6-12/h3,7,13-14H,1-2,4-6,8-12H2/b7-3+. The Morgan fingerprint density at radius 2 is 1.71 bits per heavy atom. The van der Waals surface area contributed by atoms with E-state index in [1.54, 1.807) is 0 Å². The van der Waals surface area contributed by atoms with Crippen molar-refractivity contribution in [2.75, 3.05) is 32.7 Å². The third kappa shape index (κ3) is 11.4. The van der Waals surface area contributed by atoms with E-state index in [4.69, 9.17) is 11.5 Å². The Hall–Kier alpha value is -0.580. The summed E-state index contributed by atoms with van der Waals surface area (Å²) in [7, 11) is 0. The Balaban J connectivity index is 2.94. The average molecular weight is 200 g/mol. The van der Waals surface area contributed by atoms with Gasteiger partial charge in [-0.1, -0.05) is 6.08 Å². The van der Waals surface area contributed by atoms with Gasteiger partial charge in [0.15, 0.2) is 0 Å². The van der Waals surface area contributed by atoms with Gasteiger partial charge in [-0.3, -0.25) is 0 Å². The number of rotatable bonds is 10. The van der Waals surface area contributed by atoms with Gasteiger partial charge in [0.2, 0.25) is 0 Å². The number of unbranched alkanes of at least 4 members (excludes halogenated alkanes) is 2. The van der Waals surface area contributed by atoms with Crippen molar-refractivity contribution in [3.63, 3.8) is 0 Å². The normalized spacial score (nSPS) is 11.0. The highest BCUT2D eigenvalue weighted by Gasteiger charge is 1.85. The van der Waals surface area contributed by atoms with Gasteiger partial charge < -0.3 is 22.1 Å². The van der Waals surface area contributed by atoms with Gasteiger partial charge in [-0.25, -0.2) is 0 Å². The van der Waals surface area contributed by atoms with Crippen LogP contribution in [0, 0.1) is 0 Å². The van der Waals surface area contributed by atoms with E-state index in [2.05, 4.69) is 16.7 Å². The van der Waals surface area contributed by atoms with Crippen LogP contribution in [0.4, 0.5) is 0 Å². The number of hydrogen-bond acceptors (Lipinski definition) is 4. The number of hydrogen-bond donors (Lipinski definition) is 4. The predicted octanol–water partition coefficient (Wildman–Crippen LogP) is -0.233. The molecule has 84 valence electrons. The lowest BCUT2D eigenvalue weighted by atomic mass is 10.2. The SMILES string of the molecule is NCCN/C=C/CCCCNCCN.